The Morgan fingerprint density at radius 2 is 2.11 bits per heavy atom. The van der Waals surface area contributed by atoms with Crippen molar-refractivity contribution in [2.45, 2.75) is 32.4 Å². The number of amides is 1. The number of benzene rings is 1. The van der Waals surface area contributed by atoms with E-state index in [1.807, 2.05) is 57.1 Å². The molecule has 2 atom stereocenters. The summed E-state index contributed by atoms with van der Waals surface area (Å²) in [7, 11) is 3.89. The molecule has 0 spiro atoms. The highest BCUT2D eigenvalue weighted by Gasteiger charge is 2.47. The van der Waals surface area contributed by atoms with Crippen LogP contribution in [0.5, 0.6) is 0 Å². The number of nitrogens with zero attached hydrogens (tertiary/aromatic N) is 1. The summed E-state index contributed by atoms with van der Waals surface area (Å²) in [6.07, 6.45) is 0.303. The summed E-state index contributed by atoms with van der Waals surface area (Å²) in [6, 6.07) is 7.57. The SMILES string of the molecule is CN(C)c1cccc(C(=O)NC2CC(O)C2(C)C)c1. The highest BCUT2D eigenvalue weighted by Crippen LogP contribution is 2.40. The van der Waals surface area contributed by atoms with Crippen molar-refractivity contribution in [2.75, 3.05) is 19.0 Å². The lowest BCUT2D eigenvalue weighted by molar-refractivity contribution is -0.0689. The average molecular weight is 262 g/mol. The van der Waals surface area contributed by atoms with Gasteiger partial charge in [0.15, 0.2) is 0 Å². The van der Waals surface area contributed by atoms with Crippen LogP contribution in [0.2, 0.25) is 0 Å². The highest BCUT2D eigenvalue weighted by atomic mass is 16.3. The molecule has 1 amide bonds. The maximum absolute atomic E-state index is 12.2. The van der Waals surface area contributed by atoms with Gasteiger partial charge in [-0.05, 0) is 24.6 Å². The smallest absolute Gasteiger partial charge is 0.251 e. The van der Waals surface area contributed by atoms with Gasteiger partial charge in [-0.1, -0.05) is 19.9 Å². The van der Waals surface area contributed by atoms with Gasteiger partial charge in [0.1, 0.15) is 0 Å². The fraction of sp³-hybridized carbons (Fsp3) is 0.533. The number of hydrogen-bond acceptors (Lipinski definition) is 3. The zero-order valence-corrected chi connectivity index (χ0v) is 12.0. The van der Waals surface area contributed by atoms with E-state index >= 15 is 0 Å². The van der Waals surface area contributed by atoms with Crippen LogP contribution in [0.15, 0.2) is 24.3 Å². The van der Waals surface area contributed by atoms with Gasteiger partial charge in [0.25, 0.3) is 5.91 Å². The second-order valence-corrected chi connectivity index (χ2v) is 6.04. The number of nitrogens with one attached hydrogen (secondary N) is 1. The first kappa shape index (κ1) is 13.9. The molecule has 0 radical (unpaired) electrons. The number of carbonyl (C=O) groups is 1. The molecular weight excluding hydrogens is 240 g/mol. The molecule has 2 N–H and O–H groups in total. The Kier molecular flexibility index (Phi) is 3.54. The van der Waals surface area contributed by atoms with E-state index in [0.717, 1.165) is 5.69 Å². The van der Waals surface area contributed by atoms with Crippen molar-refractivity contribution in [1.29, 1.82) is 0 Å². The molecule has 0 bridgehead atoms. The number of aliphatic hydroxyl groups excluding tert-OH is 1. The molecule has 2 rings (SSSR count). The van der Waals surface area contributed by atoms with E-state index in [9.17, 15) is 9.90 Å². The van der Waals surface area contributed by atoms with Crippen molar-refractivity contribution < 1.29 is 9.90 Å². The molecule has 4 nitrogen and oxygen atoms in total. The average Bonchev–Trinajstić information content (AvgIpc) is 2.38. The molecule has 0 aliphatic heterocycles. The molecule has 0 aromatic heterocycles. The van der Waals surface area contributed by atoms with E-state index in [-0.39, 0.29) is 23.5 Å². The summed E-state index contributed by atoms with van der Waals surface area (Å²) >= 11 is 0. The minimum absolute atomic E-state index is 0.0398. The van der Waals surface area contributed by atoms with Crippen molar-refractivity contribution in [2.24, 2.45) is 5.41 Å². The van der Waals surface area contributed by atoms with Crippen LogP contribution in [0, 0.1) is 5.41 Å². The number of carbonyl (C=O) groups excluding carboxylic acids is 1. The lowest BCUT2D eigenvalue weighted by atomic mass is 9.64. The third kappa shape index (κ3) is 2.59. The molecule has 1 aromatic rings. The van der Waals surface area contributed by atoms with E-state index in [0.29, 0.717) is 12.0 Å². The second kappa shape index (κ2) is 4.85. The fourth-order valence-corrected chi connectivity index (χ4v) is 2.31. The summed E-state index contributed by atoms with van der Waals surface area (Å²) in [5.74, 6) is -0.0753. The quantitative estimate of drug-likeness (QED) is 0.870. The minimum atomic E-state index is -0.328. The van der Waals surface area contributed by atoms with Crippen molar-refractivity contribution in [3.05, 3.63) is 29.8 Å². The first-order valence-corrected chi connectivity index (χ1v) is 6.58. The van der Waals surface area contributed by atoms with Gasteiger partial charge < -0.3 is 15.3 Å². The highest BCUT2D eigenvalue weighted by molar-refractivity contribution is 5.95. The Labute approximate surface area is 114 Å². The Hall–Kier alpha value is -1.55. The summed E-state index contributed by atoms with van der Waals surface area (Å²) in [5.41, 5.74) is 1.42. The van der Waals surface area contributed by atoms with Crippen LogP contribution in [-0.2, 0) is 0 Å². The number of aliphatic hydroxyl groups is 1. The molecule has 2 unspecified atom stereocenters. The Morgan fingerprint density at radius 1 is 1.42 bits per heavy atom. The van der Waals surface area contributed by atoms with E-state index in [2.05, 4.69) is 5.32 Å². The van der Waals surface area contributed by atoms with Crippen molar-refractivity contribution >= 4 is 11.6 Å². The molecule has 1 fully saturated rings. The summed E-state index contributed by atoms with van der Waals surface area (Å²) < 4.78 is 0. The molecule has 1 aliphatic carbocycles. The van der Waals surface area contributed by atoms with Crippen LogP contribution in [0.1, 0.15) is 30.6 Å². The molecule has 0 heterocycles. The maximum Gasteiger partial charge on any atom is 0.251 e. The van der Waals surface area contributed by atoms with Gasteiger partial charge >= 0.3 is 0 Å². The molecule has 0 saturated heterocycles. The normalized spacial score (nSPS) is 24.5. The van der Waals surface area contributed by atoms with Crippen LogP contribution in [0.25, 0.3) is 0 Å². The zero-order valence-electron chi connectivity index (χ0n) is 12.0. The van der Waals surface area contributed by atoms with E-state index in [1.54, 1.807) is 0 Å². The number of anilines is 1. The predicted molar refractivity (Wildman–Crippen MR) is 76.4 cm³/mol. The first-order valence-electron chi connectivity index (χ1n) is 6.58. The summed E-state index contributed by atoms with van der Waals surface area (Å²) in [5, 5.41) is 12.7. The maximum atomic E-state index is 12.2. The Bertz CT molecular complexity index is 483. The number of rotatable bonds is 3. The lowest BCUT2D eigenvalue weighted by Gasteiger charge is -2.49. The Morgan fingerprint density at radius 3 is 2.63 bits per heavy atom. The summed E-state index contributed by atoms with van der Waals surface area (Å²) in [6.45, 7) is 3.95. The van der Waals surface area contributed by atoms with E-state index in [1.165, 1.54) is 0 Å². The largest absolute Gasteiger partial charge is 0.392 e. The lowest BCUT2D eigenvalue weighted by Crippen LogP contribution is -2.61. The zero-order chi connectivity index (χ0) is 14.2. The van der Waals surface area contributed by atoms with Crippen LogP contribution < -0.4 is 10.2 Å². The van der Waals surface area contributed by atoms with Crippen LogP contribution >= 0.6 is 0 Å². The molecule has 1 aliphatic rings. The van der Waals surface area contributed by atoms with Crippen molar-refractivity contribution in [3.63, 3.8) is 0 Å². The molecule has 19 heavy (non-hydrogen) atoms. The minimum Gasteiger partial charge on any atom is -0.392 e. The number of hydrogen-bond donors (Lipinski definition) is 2. The molecule has 1 aromatic carbocycles. The second-order valence-electron chi connectivity index (χ2n) is 6.04. The first-order chi connectivity index (χ1) is 8.82. The topological polar surface area (TPSA) is 52.6 Å². The van der Waals surface area contributed by atoms with Gasteiger partial charge in [0.2, 0.25) is 0 Å². The summed E-state index contributed by atoms with van der Waals surface area (Å²) in [4.78, 5) is 14.2. The molecule has 4 heteroatoms. The standard InChI is InChI=1S/C15H22N2O2/c1-15(2)12(9-13(15)18)16-14(19)10-6-5-7-11(8-10)17(3)4/h5-8,12-13,18H,9H2,1-4H3,(H,16,19). The third-order valence-corrected chi connectivity index (χ3v) is 4.15. The molecule has 1 saturated carbocycles. The van der Waals surface area contributed by atoms with Crippen molar-refractivity contribution in [1.82, 2.24) is 5.32 Å². The fourth-order valence-electron chi connectivity index (χ4n) is 2.31. The predicted octanol–water partition coefficient (Wildman–Crippen LogP) is 1.64. The van der Waals surface area contributed by atoms with Gasteiger partial charge in [-0.15, -0.1) is 0 Å². The van der Waals surface area contributed by atoms with Gasteiger partial charge in [-0.2, -0.15) is 0 Å². The van der Waals surface area contributed by atoms with Crippen LogP contribution in [0.3, 0.4) is 0 Å². The van der Waals surface area contributed by atoms with Gasteiger partial charge in [0, 0.05) is 36.8 Å². The third-order valence-electron chi connectivity index (χ3n) is 4.15. The monoisotopic (exact) mass is 262 g/mol. The Balaban J connectivity index is 2.07. The van der Waals surface area contributed by atoms with Gasteiger partial charge in [-0.25, -0.2) is 0 Å². The van der Waals surface area contributed by atoms with Crippen LogP contribution in [0.4, 0.5) is 5.69 Å². The van der Waals surface area contributed by atoms with E-state index in [4.69, 9.17) is 0 Å². The van der Waals surface area contributed by atoms with Gasteiger partial charge in [-0.3, -0.25) is 4.79 Å². The van der Waals surface area contributed by atoms with Crippen molar-refractivity contribution in [3.8, 4) is 0 Å². The molecule has 104 valence electrons. The van der Waals surface area contributed by atoms with E-state index < -0.39 is 0 Å². The van der Waals surface area contributed by atoms with Gasteiger partial charge in [0.05, 0.1) is 6.10 Å². The van der Waals surface area contributed by atoms with Crippen LogP contribution in [-0.4, -0.2) is 37.3 Å². The molecular formula is C15H22N2O2.